The Morgan fingerprint density at radius 1 is 1.10 bits per heavy atom. The summed E-state index contributed by atoms with van der Waals surface area (Å²) in [5.74, 6) is 1.87. The van der Waals surface area contributed by atoms with Gasteiger partial charge in [0.05, 0.1) is 19.7 Å². The first-order valence-corrected chi connectivity index (χ1v) is 11.8. The summed E-state index contributed by atoms with van der Waals surface area (Å²) in [5.41, 5.74) is 1.24. The van der Waals surface area contributed by atoms with Gasteiger partial charge in [0, 0.05) is 18.7 Å². The summed E-state index contributed by atoms with van der Waals surface area (Å²) in [6, 6.07) is 8.63. The van der Waals surface area contributed by atoms with E-state index >= 15 is 0 Å². The first-order chi connectivity index (χ1) is 14.7. The van der Waals surface area contributed by atoms with Crippen molar-refractivity contribution in [1.29, 1.82) is 0 Å². The van der Waals surface area contributed by atoms with E-state index in [0.717, 1.165) is 63.9 Å². The van der Waals surface area contributed by atoms with Crippen LogP contribution in [0.25, 0.3) is 0 Å². The number of unbranched alkanes of at least 4 members (excludes halogenated alkanes) is 1. The average Bonchev–Trinajstić information content (AvgIpc) is 3.31. The summed E-state index contributed by atoms with van der Waals surface area (Å²) in [4.78, 5) is 9.99. The van der Waals surface area contributed by atoms with Crippen LogP contribution in [0, 0.1) is 0 Å². The Labute approximate surface area is 184 Å². The molecule has 0 amide bonds. The smallest absolute Gasteiger partial charge is 0.191 e. The molecular formula is C24H43N5O. The molecule has 1 heterocycles. The van der Waals surface area contributed by atoms with Crippen LogP contribution in [0.2, 0.25) is 0 Å². The molecule has 1 aliphatic rings. The van der Waals surface area contributed by atoms with E-state index in [2.05, 4.69) is 59.4 Å². The molecule has 6 heteroatoms. The zero-order chi connectivity index (χ0) is 21.6. The zero-order valence-electron chi connectivity index (χ0n) is 19.6. The Morgan fingerprint density at radius 2 is 1.83 bits per heavy atom. The molecule has 1 unspecified atom stereocenters. The van der Waals surface area contributed by atoms with Crippen molar-refractivity contribution in [1.82, 2.24) is 20.4 Å². The van der Waals surface area contributed by atoms with Gasteiger partial charge in [0.2, 0.25) is 0 Å². The Kier molecular flexibility index (Phi) is 11.6. The minimum atomic E-state index is 0.252. The molecule has 0 saturated carbocycles. The van der Waals surface area contributed by atoms with Crippen molar-refractivity contribution in [2.45, 2.75) is 52.5 Å². The van der Waals surface area contributed by atoms with Crippen molar-refractivity contribution in [2.75, 3.05) is 59.5 Å². The Balaban J connectivity index is 1.97. The van der Waals surface area contributed by atoms with Crippen LogP contribution < -0.4 is 15.4 Å². The highest BCUT2D eigenvalue weighted by Gasteiger charge is 2.25. The van der Waals surface area contributed by atoms with Crippen LogP contribution in [0.5, 0.6) is 5.75 Å². The largest absolute Gasteiger partial charge is 0.496 e. The fourth-order valence-electron chi connectivity index (χ4n) is 4.13. The maximum atomic E-state index is 5.66. The summed E-state index contributed by atoms with van der Waals surface area (Å²) >= 11 is 0. The zero-order valence-corrected chi connectivity index (χ0v) is 19.6. The minimum absolute atomic E-state index is 0.252. The van der Waals surface area contributed by atoms with Gasteiger partial charge in [0.15, 0.2) is 5.96 Å². The number of methoxy groups -OCH3 is 1. The summed E-state index contributed by atoms with van der Waals surface area (Å²) in [6.07, 6.45) is 4.90. The van der Waals surface area contributed by atoms with Crippen LogP contribution in [0.1, 0.15) is 58.1 Å². The number of aliphatic imine (C=N–C) groups is 1. The van der Waals surface area contributed by atoms with Crippen molar-refractivity contribution < 1.29 is 4.74 Å². The molecule has 0 spiro atoms. The number of nitrogens with zero attached hydrogens (tertiary/aromatic N) is 3. The Bertz CT molecular complexity index is 611. The molecule has 0 bridgehead atoms. The van der Waals surface area contributed by atoms with Crippen molar-refractivity contribution in [2.24, 2.45) is 4.99 Å². The van der Waals surface area contributed by atoms with E-state index in [1.165, 1.54) is 31.4 Å². The van der Waals surface area contributed by atoms with Gasteiger partial charge in [-0.15, -0.1) is 0 Å². The second-order valence-corrected chi connectivity index (χ2v) is 7.88. The molecule has 1 aromatic rings. The van der Waals surface area contributed by atoms with E-state index in [1.54, 1.807) is 7.11 Å². The molecule has 1 fully saturated rings. The fourth-order valence-corrected chi connectivity index (χ4v) is 4.13. The number of benzene rings is 1. The highest BCUT2D eigenvalue weighted by molar-refractivity contribution is 5.79. The number of hydrogen-bond donors (Lipinski definition) is 2. The lowest BCUT2D eigenvalue weighted by molar-refractivity contribution is 0.245. The number of hydrogen-bond acceptors (Lipinski definition) is 4. The number of guanidine groups is 1. The predicted molar refractivity (Wildman–Crippen MR) is 128 cm³/mol. The quantitative estimate of drug-likeness (QED) is 0.292. The Hall–Kier alpha value is -1.79. The molecule has 1 aliphatic heterocycles. The summed E-state index contributed by atoms with van der Waals surface area (Å²) in [5, 5.41) is 6.94. The maximum absolute atomic E-state index is 5.66. The normalized spacial score (nSPS) is 16.1. The highest BCUT2D eigenvalue weighted by Crippen LogP contribution is 2.31. The number of rotatable bonds is 13. The van der Waals surface area contributed by atoms with Gasteiger partial charge in [-0.05, 0) is 71.4 Å². The van der Waals surface area contributed by atoms with Gasteiger partial charge < -0.3 is 20.3 Å². The third-order valence-corrected chi connectivity index (χ3v) is 5.93. The van der Waals surface area contributed by atoms with E-state index in [4.69, 9.17) is 9.73 Å². The summed E-state index contributed by atoms with van der Waals surface area (Å²) in [7, 11) is 1.76. The number of nitrogens with one attached hydrogen (secondary N) is 2. The lowest BCUT2D eigenvalue weighted by atomic mass is 10.0. The van der Waals surface area contributed by atoms with Crippen LogP contribution >= 0.6 is 0 Å². The molecule has 1 aromatic carbocycles. The summed E-state index contributed by atoms with van der Waals surface area (Å²) < 4.78 is 5.66. The van der Waals surface area contributed by atoms with Crippen molar-refractivity contribution in [3.05, 3.63) is 29.8 Å². The molecule has 0 radical (unpaired) electrons. The SMILES string of the molecule is CCNC(=NCC(c1ccccc1OC)N1CCCC1)NCCCCN(CC)CC. The molecule has 2 rings (SSSR count). The minimum Gasteiger partial charge on any atom is -0.496 e. The van der Waals surface area contributed by atoms with Gasteiger partial charge in [0.1, 0.15) is 5.75 Å². The second-order valence-electron chi connectivity index (χ2n) is 7.88. The molecule has 30 heavy (non-hydrogen) atoms. The molecule has 170 valence electrons. The van der Waals surface area contributed by atoms with E-state index in [-0.39, 0.29) is 6.04 Å². The number of para-hydroxylation sites is 1. The van der Waals surface area contributed by atoms with E-state index in [1.807, 2.05) is 6.07 Å². The van der Waals surface area contributed by atoms with E-state index < -0.39 is 0 Å². The monoisotopic (exact) mass is 417 g/mol. The summed E-state index contributed by atoms with van der Waals surface area (Å²) in [6.45, 7) is 14.8. The van der Waals surface area contributed by atoms with Crippen molar-refractivity contribution >= 4 is 5.96 Å². The molecule has 6 nitrogen and oxygen atoms in total. The van der Waals surface area contributed by atoms with Crippen LogP contribution in [-0.2, 0) is 0 Å². The van der Waals surface area contributed by atoms with Gasteiger partial charge in [-0.1, -0.05) is 32.0 Å². The van der Waals surface area contributed by atoms with Gasteiger partial charge in [-0.25, -0.2) is 0 Å². The van der Waals surface area contributed by atoms with Gasteiger partial charge in [-0.2, -0.15) is 0 Å². The van der Waals surface area contributed by atoms with Crippen molar-refractivity contribution in [3.63, 3.8) is 0 Å². The number of likely N-dealkylation sites (tertiary alicyclic amines) is 1. The third kappa shape index (κ3) is 7.80. The fraction of sp³-hybridized carbons (Fsp3) is 0.708. The molecule has 1 atom stereocenters. The average molecular weight is 418 g/mol. The van der Waals surface area contributed by atoms with Gasteiger partial charge in [0.25, 0.3) is 0 Å². The maximum Gasteiger partial charge on any atom is 0.191 e. The molecule has 1 saturated heterocycles. The Morgan fingerprint density at radius 3 is 2.50 bits per heavy atom. The lowest BCUT2D eigenvalue weighted by Crippen LogP contribution is -2.39. The second kappa shape index (κ2) is 14.3. The van der Waals surface area contributed by atoms with Gasteiger partial charge in [-0.3, -0.25) is 9.89 Å². The van der Waals surface area contributed by atoms with Crippen LogP contribution in [0.3, 0.4) is 0 Å². The molecule has 0 aromatic heterocycles. The van der Waals surface area contributed by atoms with Crippen molar-refractivity contribution in [3.8, 4) is 5.75 Å². The van der Waals surface area contributed by atoms with Crippen LogP contribution in [-0.4, -0.2) is 75.2 Å². The van der Waals surface area contributed by atoms with Gasteiger partial charge >= 0.3 is 0 Å². The topological polar surface area (TPSA) is 52.1 Å². The standard InChI is InChI=1S/C24H43N5O/c1-5-25-24(26-16-10-11-17-28(6-2)7-3)27-20-22(29-18-12-13-19-29)21-14-8-9-15-23(21)30-4/h8-9,14-15,22H,5-7,10-13,16-20H2,1-4H3,(H2,25,26,27). The molecular weight excluding hydrogens is 374 g/mol. The number of ether oxygens (including phenoxy) is 1. The first kappa shape index (κ1) is 24.5. The van der Waals surface area contributed by atoms with E-state index in [9.17, 15) is 0 Å². The molecule has 2 N–H and O–H groups in total. The lowest BCUT2D eigenvalue weighted by Gasteiger charge is -2.28. The first-order valence-electron chi connectivity index (χ1n) is 11.8. The third-order valence-electron chi connectivity index (χ3n) is 5.93. The van der Waals surface area contributed by atoms with E-state index in [0.29, 0.717) is 0 Å². The predicted octanol–water partition coefficient (Wildman–Crippen LogP) is 3.51. The van der Waals surface area contributed by atoms with Crippen LogP contribution in [0.15, 0.2) is 29.3 Å². The molecule has 0 aliphatic carbocycles. The highest BCUT2D eigenvalue weighted by atomic mass is 16.5. The van der Waals surface area contributed by atoms with Crippen LogP contribution in [0.4, 0.5) is 0 Å².